The molecule has 1 aromatic carbocycles. The molecule has 0 radical (unpaired) electrons. The molecule has 3 N–H and O–H groups in total. The fourth-order valence-electron chi connectivity index (χ4n) is 2.80. The van der Waals surface area contributed by atoms with Crippen LogP contribution in [-0.4, -0.2) is 10.2 Å². The molecule has 1 aliphatic rings. The van der Waals surface area contributed by atoms with Crippen LogP contribution < -0.4 is 10.5 Å². The number of hydrogen-bond donors (Lipinski definition) is 2. The fraction of sp³-hybridized carbons (Fsp3) is 0.294. The van der Waals surface area contributed by atoms with Crippen LogP contribution in [0.5, 0.6) is 5.88 Å². The molecule has 1 aliphatic heterocycles. The lowest BCUT2D eigenvalue weighted by Gasteiger charge is -2.27. The zero-order chi connectivity index (χ0) is 15.9. The van der Waals surface area contributed by atoms with Crippen LogP contribution in [0.25, 0.3) is 0 Å². The maximum Gasteiger partial charge on any atom is 0.244 e. The summed E-state index contributed by atoms with van der Waals surface area (Å²) in [5, 5.41) is 16.9. The second-order valence-corrected chi connectivity index (χ2v) is 6.40. The summed E-state index contributed by atoms with van der Waals surface area (Å²) in [4.78, 5) is 0. The van der Waals surface area contributed by atoms with Gasteiger partial charge in [-0.1, -0.05) is 51.1 Å². The van der Waals surface area contributed by atoms with E-state index in [-0.39, 0.29) is 17.2 Å². The number of nitrogens with two attached hydrogens (primary N) is 1. The Morgan fingerprint density at radius 1 is 1.27 bits per heavy atom. The SMILES string of the molecule is CC(C)(C)c1[nH]nc2c1[C@H](c1ccccc1)C(C#N)=C(N)O2. The van der Waals surface area contributed by atoms with E-state index in [0.717, 1.165) is 16.8 Å². The lowest BCUT2D eigenvalue weighted by atomic mass is 9.79. The molecule has 0 unspecified atom stereocenters. The minimum Gasteiger partial charge on any atom is -0.420 e. The van der Waals surface area contributed by atoms with Gasteiger partial charge >= 0.3 is 0 Å². The van der Waals surface area contributed by atoms with Gasteiger partial charge in [0.2, 0.25) is 11.8 Å². The second-order valence-electron chi connectivity index (χ2n) is 6.40. The van der Waals surface area contributed by atoms with Gasteiger partial charge in [-0.2, -0.15) is 5.26 Å². The molecular weight excluding hydrogens is 276 g/mol. The van der Waals surface area contributed by atoms with Crippen LogP contribution >= 0.6 is 0 Å². The zero-order valence-corrected chi connectivity index (χ0v) is 12.8. The lowest BCUT2D eigenvalue weighted by molar-refractivity contribution is 0.378. The number of H-pyrrole nitrogens is 1. The molecule has 112 valence electrons. The number of fused-ring (bicyclic) bond motifs is 1. The fourth-order valence-corrected chi connectivity index (χ4v) is 2.80. The van der Waals surface area contributed by atoms with Crippen molar-refractivity contribution in [3.05, 3.63) is 58.6 Å². The largest absolute Gasteiger partial charge is 0.420 e. The van der Waals surface area contributed by atoms with Crippen molar-refractivity contribution in [1.29, 1.82) is 5.26 Å². The number of nitrogens with one attached hydrogen (secondary N) is 1. The molecule has 0 bridgehead atoms. The first-order valence-corrected chi connectivity index (χ1v) is 7.14. The monoisotopic (exact) mass is 294 g/mol. The van der Waals surface area contributed by atoms with Gasteiger partial charge in [0, 0.05) is 11.1 Å². The van der Waals surface area contributed by atoms with E-state index in [0.29, 0.717) is 11.5 Å². The summed E-state index contributed by atoms with van der Waals surface area (Å²) in [7, 11) is 0. The number of nitrogens with zero attached hydrogens (tertiary/aromatic N) is 2. The average Bonchev–Trinajstić information content (AvgIpc) is 2.90. The molecule has 0 saturated carbocycles. The Kier molecular flexibility index (Phi) is 3.18. The molecule has 5 heteroatoms. The second kappa shape index (κ2) is 4.92. The molecule has 0 spiro atoms. The Morgan fingerprint density at radius 2 is 1.95 bits per heavy atom. The van der Waals surface area contributed by atoms with E-state index >= 15 is 0 Å². The number of allylic oxidation sites excluding steroid dienone is 1. The number of aromatic nitrogens is 2. The van der Waals surface area contributed by atoms with Gasteiger partial charge in [-0.05, 0) is 5.56 Å². The van der Waals surface area contributed by atoms with Crippen molar-refractivity contribution in [2.45, 2.75) is 32.1 Å². The minimum absolute atomic E-state index is 0.121. The van der Waals surface area contributed by atoms with E-state index in [1.165, 1.54) is 0 Å². The highest BCUT2D eigenvalue weighted by Gasteiger charge is 2.37. The van der Waals surface area contributed by atoms with E-state index in [9.17, 15) is 5.26 Å². The van der Waals surface area contributed by atoms with Gasteiger partial charge in [0.25, 0.3) is 0 Å². The molecule has 0 fully saturated rings. The highest BCUT2D eigenvalue weighted by molar-refractivity contribution is 5.56. The van der Waals surface area contributed by atoms with Crippen molar-refractivity contribution in [3.63, 3.8) is 0 Å². The van der Waals surface area contributed by atoms with Crippen LogP contribution in [0.1, 0.15) is 43.5 Å². The average molecular weight is 294 g/mol. The third-order valence-corrected chi connectivity index (χ3v) is 3.82. The number of nitriles is 1. The van der Waals surface area contributed by atoms with Gasteiger partial charge in [0.05, 0.1) is 11.5 Å². The molecule has 2 aromatic rings. The summed E-state index contributed by atoms with van der Waals surface area (Å²) in [6.07, 6.45) is 0. The Labute approximate surface area is 129 Å². The number of rotatable bonds is 1. The van der Waals surface area contributed by atoms with E-state index in [1.54, 1.807) is 0 Å². The van der Waals surface area contributed by atoms with Crippen molar-refractivity contribution in [2.24, 2.45) is 5.73 Å². The maximum absolute atomic E-state index is 9.55. The molecule has 5 nitrogen and oxygen atoms in total. The predicted molar refractivity (Wildman–Crippen MR) is 83.0 cm³/mol. The molecule has 0 amide bonds. The standard InChI is InChI=1S/C17H18N4O/c1-17(2,3)14-13-12(10-7-5-4-6-8-10)11(9-18)15(19)22-16(13)21-20-14/h4-8,12H,19H2,1-3H3,(H,20,21)/t12-/m1/s1. The Morgan fingerprint density at radius 3 is 2.55 bits per heavy atom. The Hall–Kier alpha value is -2.74. The third-order valence-electron chi connectivity index (χ3n) is 3.82. The van der Waals surface area contributed by atoms with Gasteiger partial charge in [0.15, 0.2) is 0 Å². The molecular formula is C17H18N4O. The van der Waals surface area contributed by atoms with E-state index in [2.05, 4.69) is 37.0 Å². The Balaban J connectivity index is 2.27. The molecule has 3 rings (SSSR count). The first kappa shape index (κ1) is 14.2. The molecule has 0 saturated heterocycles. The maximum atomic E-state index is 9.55. The molecule has 0 aliphatic carbocycles. The summed E-state index contributed by atoms with van der Waals surface area (Å²) in [6.45, 7) is 6.28. The van der Waals surface area contributed by atoms with Crippen molar-refractivity contribution < 1.29 is 4.74 Å². The number of ether oxygens (including phenoxy) is 1. The van der Waals surface area contributed by atoms with Crippen molar-refractivity contribution in [1.82, 2.24) is 10.2 Å². The summed E-state index contributed by atoms with van der Waals surface area (Å²) in [6, 6.07) is 12.0. The molecule has 22 heavy (non-hydrogen) atoms. The van der Waals surface area contributed by atoms with E-state index < -0.39 is 0 Å². The van der Waals surface area contributed by atoms with E-state index in [4.69, 9.17) is 10.5 Å². The molecule has 1 aromatic heterocycles. The third kappa shape index (κ3) is 2.13. The first-order valence-electron chi connectivity index (χ1n) is 7.14. The van der Waals surface area contributed by atoms with Gasteiger partial charge in [0.1, 0.15) is 11.6 Å². The first-order chi connectivity index (χ1) is 10.4. The number of hydrogen-bond acceptors (Lipinski definition) is 4. The van der Waals surface area contributed by atoms with Crippen LogP contribution in [-0.2, 0) is 5.41 Å². The van der Waals surface area contributed by atoms with Crippen LogP contribution in [0.2, 0.25) is 0 Å². The quantitative estimate of drug-likeness (QED) is 0.846. The van der Waals surface area contributed by atoms with Crippen molar-refractivity contribution in [2.75, 3.05) is 0 Å². The van der Waals surface area contributed by atoms with Gasteiger partial charge in [-0.3, -0.25) is 5.10 Å². The molecule has 1 atom stereocenters. The summed E-state index contributed by atoms with van der Waals surface area (Å²) in [5.74, 6) is 0.314. The summed E-state index contributed by atoms with van der Waals surface area (Å²) in [5.41, 5.74) is 9.05. The van der Waals surface area contributed by atoms with Gasteiger partial charge < -0.3 is 10.5 Å². The zero-order valence-electron chi connectivity index (χ0n) is 12.8. The van der Waals surface area contributed by atoms with Gasteiger partial charge in [-0.15, -0.1) is 5.10 Å². The normalized spacial score (nSPS) is 17.6. The van der Waals surface area contributed by atoms with Crippen LogP contribution in [0.4, 0.5) is 0 Å². The van der Waals surface area contributed by atoms with Gasteiger partial charge in [-0.25, -0.2) is 0 Å². The highest BCUT2D eigenvalue weighted by atomic mass is 16.5. The Bertz CT molecular complexity index is 775. The van der Waals surface area contributed by atoms with E-state index in [1.807, 2.05) is 30.3 Å². The van der Waals surface area contributed by atoms with Crippen molar-refractivity contribution >= 4 is 0 Å². The summed E-state index contributed by atoms with van der Waals surface area (Å²) >= 11 is 0. The van der Waals surface area contributed by atoms with Crippen LogP contribution in [0.3, 0.4) is 0 Å². The minimum atomic E-state index is -0.261. The van der Waals surface area contributed by atoms with Crippen LogP contribution in [0, 0.1) is 11.3 Å². The van der Waals surface area contributed by atoms with Crippen molar-refractivity contribution in [3.8, 4) is 11.9 Å². The smallest absolute Gasteiger partial charge is 0.244 e. The molecule has 2 heterocycles. The topological polar surface area (TPSA) is 87.7 Å². The highest BCUT2D eigenvalue weighted by Crippen LogP contribution is 2.45. The lowest BCUT2D eigenvalue weighted by Crippen LogP contribution is -2.23. The number of benzene rings is 1. The van der Waals surface area contributed by atoms with Crippen LogP contribution in [0.15, 0.2) is 41.8 Å². The number of aromatic amines is 1. The summed E-state index contributed by atoms with van der Waals surface area (Å²) < 4.78 is 5.56. The predicted octanol–water partition coefficient (Wildman–Crippen LogP) is 2.93.